The lowest BCUT2D eigenvalue weighted by Crippen LogP contribution is -2.71. The number of ketones is 4. The number of esters is 1. The molecule has 346 valence electrons. The van der Waals surface area contributed by atoms with Crippen molar-refractivity contribution in [1.29, 1.82) is 0 Å². The number of allylic oxidation sites excluding steroid dienone is 8. The first-order valence-electron chi connectivity index (χ1n) is 22.3. The Hall–Kier alpha value is -3.34. The van der Waals surface area contributed by atoms with Crippen molar-refractivity contribution < 1.29 is 71.8 Å². The van der Waals surface area contributed by atoms with E-state index in [9.17, 15) is 44.4 Å². The Morgan fingerprint density at radius 2 is 1.38 bits per heavy atom. The second-order valence-corrected chi connectivity index (χ2v) is 21.4. The summed E-state index contributed by atoms with van der Waals surface area (Å²) in [4.78, 5) is 61.5. The number of Topliss-reactive ketones (excluding diaryl/α,β-unsaturated/α-hetero) is 2. The van der Waals surface area contributed by atoms with Gasteiger partial charge < -0.3 is 34.6 Å². The fourth-order valence-electron chi connectivity index (χ4n) is 15.3. The third kappa shape index (κ3) is 5.71. The molecule has 0 amide bonds. The van der Waals surface area contributed by atoms with Gasteiger partial charge in [-0.1, -0.05) is 38.5 Å². The monoisotopic (exact) mass is 886 g/mol. The van der Waals surface area contributed by atoms with Gasteiger partial charge in [0.2, 0.25) is 5.78 Å². The van der Waals surface area contributed by atoms with Crippen molar-refractivity contribution >= 4 is 29.1 Å². The van der Waals surface area contributed by atoms with Crippen molar-refractivity contribution in [3.8, 4) is 0 Å². The summed E-state index contributed by atoms with van der Waals surface area (Å²) in [6, 6.07) is 0. The quantitative estimate of drug-likeness (QED) is 0.275. The third-order valence-electron chi connectivity index (χ3n) is 18.2. The molecule has 1 aliphatic heterocycles. The molecular weight excluding hydrogens is 826 g/mol. The highest BCUT2D eigenvalue weighted by Gasteiger charge is 2.81. The molecule has 15 heteroatoms. The van der Waals surface area contributed by atoms with Crippen molar-refractivity contribution in [3.63, 3.8) is 0 Å². The molecule has 1 saturated heterocycles. The molecule has 9 aliphatic rings. The molecule has 0 aromatic heterocycles. The minimum absolute atomic E-state index is 0.0406. The predicted molar refractivity (Wildman–Crippen MR) is 218 cm³/mol. The maximum absolute atomic E-state index is 17.3. The van der Waals surface area contributed by atoms with Gasteiger partial charge in [-0.2, -0.15) is 0 Å². The zero-order chi connectivity index (χ0) is 46.5. The van der Waals surface area contributed by atoms with Gasteiger partial charge in [0, 0.05) is 40.4 Å². The second kappa shape index (κ2) is 14.3. The van der Waals surface area contributed by atoms with Crippen molar-refractivity contribution in [2.24, 2.45) is 51.2 Å². The highest BCUT2D eigenvalue weighted by atomic mass is 19.2. The maximum Gasteiger partial charge on any atom is 0.303 e. The molecule has 17 atom stereocenters. The Bertz CT molecular complexity index is 2170. The maximum atomic E-state index is 17.3. The molecule has 7 fully saturated rings. The van der Waals surface area contributed by atoms with Crippen molar-refractivity contribution in [3.05, 3.63) is 47.6 Å². The Morgan fingerprint density at radius 1 is 0.810 bits per heavy atom. The number of carbonyl (C=O) groups is 5. The van der Waals surface area contributed by atoms with E-state index in [0.717, 1.165) is 6.08 Å². The number of hydrogen-bond acceptors (Lipinski definition) is 12. The zero-order valence-electron chi connectivity index (χ0n) is 37.2. The van der Waals surface area contributed by atoms with Crippen LogP contribution in [-0.2, 0) is 38.2 Å². The van der Waals surface area contributed by atoms with Crippen LogP contribution in [0.25, 0.3) is 0 Å². The number of carbonyl (C=O) groups excluding carboxylic acids is 5. The van der Waals surface area contributed by atoms with Crippen LogP contribution in [0.1, 0.15) is 100 Å². The molecule has 0 bridgehead atoms. The normalized spacial score (nSPS) is 50.8. The molecule has 0 aromatic rings. The van der Waals surface area contributed by atoms with Gasteiger partial charge >= 0.3 is 5.97 Å². The molecule has 0 unspecified atom stereocenters. The average molecular weight is 887 g/mol. The summed E-state index contributed by atoms with van der Waals surface area (Å²) in [6.07, 6.45) is 4.09. The number of alkyl halides is 3. The summed E-state index contributed by atoms with van der Waals surface area (Å²) in [5.74, 6) is -6.35. The van der Waals surface area contributed by atoms with E-state index in [4.69, 9.17) is 14.2 Å². The molecular formula is C48H61F3O12. The van der Waals surface area contributed by atoms with E-state index in [1.54, 1.807) is 47.6 Å². The van der Waals surface area contributed by atoms with E-state index in [1.807, 2.05) is 0 Å². The Balaban J connectivity index is 0.000000177. The van der Waals surface area contributed by atoms with Gasteiger partial charge in [0.15, 0.2) is 46.7 Å². The number of aliphatic hydroxyl groups excluding tert-OH is 3. The van der Waals surface area contributed by atoms with Gasteiger partial charge in [-0.05, 0) is 120 Å². The number of ether oxygens (including phenoxy) is 3. The van der Waals surface area contributed by atoms with Crippen LogP contribution >= 0.6 is 0 Å². The van der Waals surface area contributed by atoms with Crippen molar-refractivity contribution in [2.45, 2.75) is 153 Å². The lowest BCUT2D eigenvalue weighted by atomic mass is 9.44. The van der Waals surface area contributed by atoms with Crippen LogP contribution < -0.4 is 0 Å². The first-order valence-corrected chi connectivity index (χ1v) is 22.3. The van der Waals surface area contributed by atoms with Crippen LogP contribution in [-0.4, -0.2) is 116 Å². The zero-order valence-corrected chi connectivity index (χ0v) is 37.2. The summed E-state index contributed by atoms with van der Waals surface area (Å²) >= 11 is 0. The molecule has 0 aromatic carbocycles. The lowest BCUT2D eigenvalue weighted by molar-refractivity contribution is -0.249. The van der Waals surface area contributed by atoms with Gasteiger partial charge in [-0.25, -0.2) is 13.2 Å². The third-order valence-corrected chi connectivity index (χ3v) is 18.2. The Labute approximate surface area is 365 Å². The molecule has 0 radical (unpaired) electrons. The molecule has 6 saturated carbocycles. The summed E-state index contributed by atoms with van der Waals surface area (Å²) in [6.45, 7) is 11.8. The van der Waals surface area contributed by atoms with Crippen LogP contribution in [0.2, 0.25) is 0 Å². The molecule has 12 nitrogen and oxygen atoms in total. The molecule has 4 N–H and O–H groups in total. The summed E-state index contributed by atoms with van der Waals surface area (Å²) in [7, 11) is 0. The summed E-state index contributed by atoms with van der Waals surface area (Å²) in [5.41, 5.74) is -11.6. The van der Waals surface area contributed by atoms with E-state index in [2.05, 4.69) is 0 Å². The molecule has 8 aliphatic carbocycles. The predicted octanol–water partition coefficient (Wildman–Crippen LogP) is 4.83. The number of aliphatic hydroxyl groups is 4. The molecule has 9 rings (SSSR count). The van der Waals surface area contributed by atoms with E-state index in [1.165, 1.54) is 38.2 Å². The fraction of sp³-hybridized carbons (Fsp3) is 0.729. The minimum Gasteiger partial charge on any atom is -0.458 e. The van der Waals surface area contributed by atoms with Crippen LogP contribution in [0.15, 0.2) is 47.6 Å². The van der Waals surface area contributed by atoms with E-state index >= 15 is 13.2 Å². The Kier molecular flexibility index (Phi) is 10.5. The second-order valence-electron chi connectivity index (χ2n) is 21.4. The number of rotatable bonds is 5. The van der Waals surface area contributed by atoms with Gasteiger partial charge in [-0.3, -0.25) is 24.0 Å². The topological polar surface area (TPSA) is 194 Å². The van der Waals surface area contributed by atoms with E-state index in [-0.39, 0.29) is 43.0 Å². The highest BCUT2D eigenvalue weighted by Crippen LogP contribution is 2.73. The smallest absolute Gasteiger partial charge is 0.303 e. The first kappa shape index (κ1) is 46.2. The van der Waals surface area contributed by atoms with E-state index in [0.29, 0.717) is 24.8 Å². The minimum atomic E-state index is -2.27. The summed E-state index contributed by atoms with van der Waals surface area (Å²) < 4.78 is 67.2. The summed E-state index contributed by atoms with van der Waals surface area (Å²) in [5, 5.41) is 43.4. The van der Waals surface area contributed by atoms with Crippen LogP contribution in [0, 0.1) is 51.2 Å². The van der Waals surface area contributed by atoms with Crippen LogP contribution in [0.3, 0.4) is 0 Å². The largest absolute Gasteiger partial charge is 0.458 e. The molecule has 63 heavy (non-hydrogen) atoms. The molecule has 0 spiro atoms. The van der Waals surface area contributed by atoms with Crippen LogP contribution in [0.5, 0.6) is 0 Å². The van der Waals surface area contributed by atoms with Gasteiger partial charge in [0.25, 0.3) is 0 Å². The number of halogens is 3. The number of hydrogen-bond donors (Lipinski definition) is 4. The fourth-order valence-corrected chi connectivity index (χ4v) is 15.3. The van der Waals surface area contributed by atoms with Gasteiger partial charge in [-0.15, -0.1) is 0 Å². The Morgan fingerprint density at radius 3 is 2.00 bits per heavy atom. The van der Waals surface area contributed by atoms with Gasteiger partial charge in [0.05, 0.1) is 18.3 Å². The first-order chi connectivity index (χ1) is 29.1. The number of fused-ring (bicyclic) bond motifs is 12. The SMILES string of the molecule is CC(=O)OCC(=O)[C@@]12OC(C)(C)O[C@@H]1C[C@H]1[C@@H]3C[C@H](F)C4=CC(=O)C=C[C@]4(C)[C@@]3(F)[C@@H](O)C[C@@]12C.C[C@@H]1C[C@H]2[C@@H]3CCC4=CC(=O)C=C[C@]4(C)[C@@]3(F)[C@@H](O)C[C@]2(C)[C@@]1(O)C(=O)CO. The van der Waals surface area contributed by atoms with Gasteiger partial charge in [0.1, 0.15) is 18.4 Å². The average Bonchev–Trinajstić information content (AvgIpc) is 3.70. The van der Waals surface area contributed by atoms with E-state index < -0.39 is 135 Å². The standard InChI is InChI=1S/C26H32F2O7.C22H29FO5/c1-13(29)33-12-20(32)26-21(34-22(2,3)35-26)10-15-16-9-18(27)17-8-14(30)6-7-23(17,4)25(16,28)19(31)11-24(15,26)5;1-12-8-16-15-5-4-13-9-14(25)6-7-19(13,2)21(15,23)17(26)10-20(16,3)22(12,28)18(27)11-24/h6-8,15-16,18-19,21,31H,9-12H2,1-5H3;6-7,9,12,15-17,24,26,28H,4-5,8,10-11H2,1-3H3/t15-,16-,18-,19-,21+,23-,24-,25-,26+;12-,15+,16+,17+,19+,20+,21+,22+/m01/s1. The van der Waals surface area contributed by atoms with Crippen LogP contribution in [0.4, 0.5) is 13.2 Å². The molecule has 1 heterocycles. The van der Waals surface area contributed by atoms with Crippen molar-refractivity contribution in [2.75, 3.05) is 13.2 Å². The highest BCUT2D eigenvalue weighted by molar-refractivity contribution is 6.02. The van der Waals surface area contributed by atoms with Crippen molar-refractivity contribution in [1.82, 2.24) is 0 Å². The lowest BCUT2D eigenvalue weighted by Gasteiger charge is -2.63.